The van der Waals surface area contributed by atoms with Gasteiger partial charge in [0.2, 0.25) is 0 Å². The average molecular weight is 385 g/mol. The maximum atomic E-state index is 12.3. The van der Waals surface area contributed by atoms with Crippen molar-refractivity contribution in [2.24, 2.45) is 0 Å². The topological polar surface area (TPSA) is 99.0 Å². The summed E-state index contributed by atoms with van der Waals surface area (Å²) in [4.78, 5) is 24.8. The van der Waals surface area contributed by atoms with Crippen molar-refractivity contribution in [3.63, 3.8) is 0 Å². The standard InChI is InChI=1S/C18H19N5O3S/c1-11-4-5-14(8-12(11)2)13(3)20-16(24)9-26-18(25)17-15(6-7-27-17)23-10-19-21-22-23/h4-8,10,13H,9H2,1-3H3,(H,20,24). The first-order valence-electron chi connectivity index (χ1n) is 8.30. The lowest BCUT2D eigenvalue weighted by molar-refractivity contribution is -0.124. The smallest absolute Gasteiger partial charge is 0.351 e. The number of thiophene rings is 1. The van der Waals surface area contributed by atoms with E-state index in [1.807, 2.05) is 39.0 Å². The highest BCUT2D eigenvalue weighted by atomic mass is 32.1. The Bertz CT molecular complexity index is 952. The number of ether oxygens (including phenoxy) is 1. The van der Waals surface area contributed by atoms with Crippen LogP contribution in [0.5, 0.6) is 0 Å². The Balaban J connectivity index is 1.57. The molecule has 140 valence electrons. The molecule has 2 heterocycles. The Morgan fingerprint density at radius 2 is 2.07 bits per heavy atom. The maximum Gasteiger partial charge on any atom is 0.351 e. The second-order valence-corrected chi connectivity index (χ2v) is 7.01. The second-order valence-electron chi connectivity index (χ2n) is 6.10. The monoisotopic (exact) mass is 385 g/mol. The molecule has 9 heteroatoms. The van der Waals surface area contributed by atoms with Crippen LogP contribution in [-0.4, -0.2) is 38.7 Å². The lowest BCUT2D eigenvalue weighted by Gasteiger charge is -2.15. The van der Waals surface area contributed by atoms with Crippen molar-refractivity contribution in [2.75, 3.05) is 6.61 Å². The first-order valence-corrected chi connectivity index (χ1v) is 9.18. The van der Waals surface area contributed by atoms with Gasteiger partial charge >= 0.3 is 5.97 Å². The summed E-state index contributed by atoms with van der Waals surface area (Å²) in [6.07, 6.45) is 1.39. The molecule has 0 spiro atoms. The normalized spacial score (nSPS) is 11.8. The SMILES string of the molecule is Cc1ccc(C(C)NC(=O)COC(=O)c2sccc2-n2cnnn2)cc1C. The number of hydrogen-bond donors (Lipinski definition) is 1. The Morgan fingerprint density at radius 1 is 1.26 bits per heavy atom. The van der Waals surface area contributed by atoms with E-state index >= 15 is 0 Å². The molecule has 3 aromatic rings. The van der Waals surface area contributed by atoms with Crippen molar-refractivity contribution in [1.29, 1.82) is 0 Å². The highest BCUT2D eigenvalue weighted by Crippen LogP contribution is 2.21. The molecule has 0 saturated heterocycles. The molecule has 0 aliphatic rings. The van der Waals surface area contributed by atoms with Crippen LogP contribution in [0.3, 0.4) is 0 Å². The summed E-state index contributed by atoms with van der Waals surface area (Å²) in [7, 11) is 0. The average Bonchev–Trinajstić information content (AvgIpc) is 3.32. The number of carbonyl (C=O) groups is 2. The van der Waals surface area contributed by atoms with Gasteiger partial charge in [-0.15, -0.1) is 16.4 Å². The molecule has 0 bridgehead atoms. The summed E-state index contributed by atoms with van der Waals surface area (Å²) >= 11 is 1.20. The van der Waals surface area contributed by atoms with E-state index in [2.05, 4.69) is 20.8 Å². The van der Waals surface area contributed by atoms with Gasteiger partial charge in [-0.05, 0) is 59.3 Å². The van der Waals surface area contributed by atoms with Gasteiger partial charge in [-0.2, -0.15) is 4.68 Å². The van der Waals surface area contributed by atoms with Gasteiger partial charge in [0.15, 0.2) is 6.61 Å². The van der Waals surface area contributed by atoms with E-state index in [1.165, 1.54) is 27.9 Å². The third-order valence-electron chi connectivity index (χ3n) is 4.17. The lowest BCUT2D eigenvalue weighted by atomic mass is 10.0. The fourth-order valence-corrected chi connectivity index (χ4v) is 3.27. The number of tetrazole rings is 1. The molecular weight excluding hydrogens is 366 g/mol. The zero-order chi connectivity index (χ0) is 19.4. The minimum Gasteiger partial charge on any atom is -0.451 e. The zero-order valence-corrected chi connectivity index (χ0v) is 16.0. The first-order chi connectivity index (χ1) is 13.0. The maximum absolute atomic E-state index is 12.3. The molecule has 0 aliphatic carbocycles. The molecule has 1 aromatic carbocycles. The van der Waals surface area contributed by atoms with E-state index in [-0.39, 0.29) is 18.6 Å². The highest BCUT2D eigenvalue weighted by Gasteiger charge is 2.19. The van der Waals surface area contributed by atoms with Crippen molar-refractivity contribution < 1.29 is 14.3 Å². The molecule has 0 saturated carbocycles. The van der Waals surface area contributed by atoms with Gasteiger partial charge in [0, 0.05) is 0 Å². The van der Waals surface area contributed by atoms with E-state index in [1.54, 1.807) is 11.4 Å². The van der Waals surface area contributed by atoms with Crippen molar-refractivity contribution in [2.45, 2.75) is 26.8 Å². The minimum absolute atomic E-state index is 0.186. The van der Waals surface area contributed by atoms with Crippen molar-refractivity contribution in [3.8, 4) is 5.69 Å². The number of benzene rings is 1. The number of rotatable bonds is 6. The molecule has 1 atom stereocenters. The van der Waals surface area contributed by atoms with Crippen molar-refractivity contribution in [1.82, 2.24) is 25.5 Å². The molecule has 0 radical (unpaired) electrons. The summed E-state index contributed by atoms with van der Waals surface area (Å²) in [5, 5.41) is 15.4. The largest absolute Gasteiger partial charge is 0.451 e. The molecular formula is C18H19N5O3S. The Kier molecular flexibility index (Phi) is 5.60. The van der Waals surface area contributed by atoms with Gasteiger partial charge < -0.3 is 10.1 Å². The number of esters is 1. The molecule has 0 aliphatic heterocycles. The molecule has 2 aromatic heterocycles. The Morgan fingerprint density at radius 3 is 2.78 bits per heavy atom. The number of aryl methyl sites for hydroxylation is 2. The fourth-order valence-electron chi connectivity index (χ4n) is 2.50. The fraction of sp³-hybridized carbons (Fsp3) is 0.278. The van der Waals surface area contributed by atoms with Crippen LogP contribution in [0.15, 0.2) is 36.0 Å². The number of amides is 1. The third-order valence-corrected chi connectivity index (χ3v) is 5.05. The van der Waals surface area contributed by atoms with Crippen LogP contribution in [0.4, 0.5) is 0 Å². The first kappa shape index (κ1) is 18.7. The molecule has 1 unspecified atom stereocenters. The molecule has 1 amide bonds. The number of carbonyl (C=O) groups excluding carboxylic acids is 2. The number of nitrogens with one attached hydrogen (secondary N) is 1. The number of nitrogens with zero attached hydrogens (tertiary/aromatic N) is 4. The van der Waals surface area contributed by atoms with Gasteiger partial charge in [-0.1, -0.05) is 18.2 Å². The van der Waals surface area contributed by atoms with Gasteiger partial charge in [-0.25, -0.2) is 4.79 Å². The highest BCUT2D eigenvalue weighted by molar-refractivity contribution is 7.12. The van der Waals surface area contributed by atoms with E-state index in [0.29, 0.717) is 10.6 Å². The minimum atomic E-state index is -0.593. The van der Waals surface area contributed by atoms with Crippen LogP contribution in [0.25, 0.3) is 5.69 Å². The number of hydrogen-bond acceptors (Lipinski definition) is 7. The molecule has 27 heavy (non-hydrogen) atoms. The van der Waals surface area contributed by atoms with Crippen molar-refractivity contribution >= 4 is 23.2 Å². The summed E-state index contributed by atoms with van der Waals surface area (Å²) in [6, 6.07) is 7.55. The van der Waals surface area contributed by atoms with Crippen LogP contribution in [-0.2, 0) is 9.53 Å². The van der Waals surface area contributed by atoms with E-state index < -0.39 is 5.97 Å². The molecule has 1 N–H and O–H groups in total. The second kappa shape index (κ2) is 8.09. The quantitative estimate of drug-likeness (QED) is 0.654. The summed E-state index contributed by atoms with van der Waals surface area (Å²) in [5.41, 5.74) is 3.87. The van der Waals surface area contributed by atoms with E-state index in [9.17, 15) is 9.59 Å². The van der Waals surface area contributed by atoms with Crippen molar-refractivity contribution in [3.05, 3.63) is 57.5 Å². The van der Waals surface area contributed by atoms with E-state index in [0.717, 1.165) is 11.1 Å². The van der Waals surface area contributed by atoms with Crippen LogP contribution >= 0.6 is 11.3 Å². The molecule has 0 fully saturated rings. The van der Waals surface area contributed by atoms with Crippen LogP contribution in [0.1, 0.15) is 39.3 Å². The third kappa shape index (κ3) is 4.37. The predicted molar refractivity (Wildman–Crippen MR) is 99.8 cm³/mol. The summed E-state index contributed by atoms with van der Waals surface area (Å²) in [5.74, 6) is -0.959. The van der Waals surface area contributed by atoms with Gasteiger partial charge in [0.1, 0.15) is 11.2 Å². The van der Waals surface area contributed by atoms with Gasteiger partial charge in [0.05, 0.1) is 11.7 Å². The predicted octanol–water partition coefficient (Wildman–Crippen LogP) is 2.37. The van der Waals surface area contributed by atoms with E-state index in [4.69, 9.17) is 4.74 Å². The molecule has 8 nitrogen and oxygen atoms in total. The molecule has 3 rings (SSSR count). The van der Waals surface area contributed by atoms with Crippen LogP contribution in [0.2, 0.25) is 0 Å². The Labute approximate surface area is 160 Å². The van der Waals surface area contributed by atoms with Crippen LogP contribution in [0, 0.1) is 13.8 Å². The Hall–Kier alpha value is -3.07. The lowest BCUT2D eigenvalue weighted by Crippen LogP contribution is -2.31. The van der Waals surface area contributed by atoms with Gasteiger partial charge in [0.25, 0.3) is 5.91 Å². The number of aromatic nitrogens is 4. The van der Waals surface area contributed by atoms with Crippen LogP contribution < -0.4 is 5.32 Å². The van der Waals surface area contributed by atoms with Gasteiger partial charge in [-0.3, -0.25) is 4.79 Å². The summed E-state index contributed by atoms with van der Waals surface area (Å²) < 4.78 is 6.51. The zero-order valence-electron chi connectivity index (χ0n) is 15.2. The summed E-state index contributed by atoms with van der Waals surface area (Å²) in [6.45, 7) is 5.59.